The number of hydrogen-bond acceptors (Lipinski definition) is 1. The molecule has 3 N–H and O–H groups in total. The lowest BCUT2D eigenvalue weighted by Crippen LogP contribution is -2.92. The summed E-state index contributed by atoms with van der Waals surface area (Å²) in [5.41, 5.74) is 3.66. The normalized spacial score (nSPS) is 13.6. The van der Waals surface area contributed by atoms with Crippen LogP contribution >= 0.6 is 0 Å². The van der Waals surface area contributed by atoms with Gasteiger partial charge in [-0.2, -0.15) is 0 Å². The fourth-order valence-corrected chi connectivity index (χ4v) is 2.64. The van der Waals surface area contributed by atoms with Crippen molar-refractivity contribution in [3.63, 3.8) is 0 Å². The Bertz CT molecular complexity index is 620. The molecule has 0 aromatic heterocycles. The highest BCUT2D eigenvalue weighted by molar-refractivity contribution is 5.80. The van der Waals surface area contributed by atoms with E-state index in [4.69, 9.17) is 0 Å². The summed E-state index contributed by atoms with van der Waals surface area (Å²) < 4.78 is 0. The summed E-state index contributed by atoms with van der Waals surface area (Å²) >= 11 is 0. The number of nitrogens with one attached hydrogen (secondary N) is 1. The van der Waals surface area contributed by atoms with Crippen molar-refractivity contribution >= 4 is 5.91 Å². The maximum Gasteiger partial charge on any atom is 0.278 e. The minimum absolute atomic E-state index is 0.0769. The van der Waals surface area contributed by atoms with Gasteiger partial charge in [-0.05, 0) is 27.7 Å². The minimum Gasteiger partial charge on any atom is -0.349 e. The van der Waals surface area contributed by atoms with Gasteiger partial charge in [-0.15, -0.1) is 0 Å². The Morgan fingerprint density at radius 3 is 2.04 bits per heavy atom. The van der Waals surface area contributed by atoms with Gasteiger partial charge in [0, 0.05) is 17.2 Å². The number of benzene rings is 2. The zero-order chi connectivity index (χ0) is 16.8. The molecule has 0 aliphatic carbocycles. The van der Waals surface area contributed by atoms with Gasteiger partial charge >= 0.3 is 0 Å². The molecule has 0 saturated carbocycles. The number of quaternary nitrogens is 1. The quantitative estimate of drug-likeness (QED) is 0.846. The highest BCUT2D eigenvalue weighted by Crippen LogP contribution is 2.18. The standard InChI is InChI=1S/C20H26N2O/c1-14(2)21-20(23)16(4)22-19(17-8-6-5-7-9-17)18-12-10-15(3)11-13-18/h5-14,16,19,22H,1-4H3,(H,21,23)/p+1/t16-,19-/m1/s1. The number of rotatable bonds is 6. The van der Waals surface area contributed by atoms with Crippen molar-refractivity contribution in [2.75, 3.05) is 0 Å². The smallest absolute Gasteiger partial charge is 0.278 e. The van der Waals surface area contributed by atoms with Crippen molar-refractivity contribution in [3.8, 4) is 0 Å². The lowest BCUT2D eigenvalue weighted by atomic mass is 9.97. The van der Waals surface area contributed by atoms with Crippen molar-refractivity contribution in [1.29, 1.82) is 0 Å². The second kappa shape index (κ2) is 7.93. The van der Waals surface area contributed by atoms with Crippen LogP contribution in [-0.4, -0.2) is 18.0 Å². The molecular weight excluding hydrogens is 284 g/mol. The highest BCUT2D eigenvalue weighted by Gasteiger charge is 2.24. The molecule has 1 amide bonds. The van der Waals surface area contributed by atoms with E-state index in [0.717, 1.165) is 0 Å². The molecule has 0 unspecified atom stereocenters. The second-order valence-corrected chi connectivity index (χ2v) is 6.44. The van der Waals surface area contributed by atoms with E-state index in [0.29, 0.717) is 0 Å². The molecule has 122 valence electrons. The van der Waals surface area contributed by atoms with Crippen LogP contribution in [0.5, 0.6) is 0 Å². The van der Waals surface area contributed by atoms with Crippen LogP contribution in [0.4, 0.5) is 0 Å². The lowest BCUT2D eigenvalue weighted by Gasteiger charge is -2.21. The fraction of sp³-hybridized carbons (Fsp3) is 0.350. The van der Waals surface area contributed by atoms with E-state index in [-0.39, 0.29) is 24.0 Å². The van der Waals surface area contributed by atoms with Crippen LogP contribution in [0.15, 0.2) is 54.6 Å². The third-order valence-corrected chi connectivity index (χ3v) is 3.92. The summed E-state index contributed by atoms with van der Waals surface area (Å²) in [5, 5.41) is 5.13. The molecule has 0 saturated heterocycles. The summed E-state index contributed by atoms with van der Waals surface area (Å²) in [7, 11) is 0. The molecule has 2 aromatic carbocycles. The van der Waals surface area contributed by atoms with E-state index in [2.05, 4.69) is 54.0 Å². The average molecular weight is 311 g/mol. The fourth-order valence-electron chi connectivity index (χ4n) is 2.64. The molecule has 2 rings (SSSR count). The van der Waals surface area contributed by atoms with E-state index in [1.165, 1.54) is 16.7 Å². The Morgan fingerprint density at radius 1 is 0.913 bits per heavy atom. The minimum atomic E-state index is -0.149. The largest absolute Gasteiger partial charge is 0.349 e. The Balaban J connectivity index is 2.24. The first-order valence-electron chi connectivity index (χ1n) is 8.24. The molecule has 0 bridgehead atoms. The number of carbonyl (C=O) groups excluding carboxylic acids is 1. The van der Waals surface area contributed by atoms with Gasteiger partial charge in [0.15, 0.2) is 6.04 Å². The number of hydrogen-bond donors (Lipinski definition) is 2. The van der Waals surface area contributed by atoms with E-state index >= 15 is 0 Å². The Labute approximate surface area is 139 Å². The van der Waals surface area contributed by atoms with Gasteiger partial charge in [0.25, 0.3) is 5.91 Å². The Hall–Kier alpha value is -2.13. The summed E-state index contributed by atoms with van der Waals surface area (Å²) in [6, 6.07) is 19.0. The van der Waals surface area contributed by atoms with Crippen molar-refractivity contribution in [2.45, 2.75) is 45.8 Å². The predicted octanol–water partition coefficient (Wildman–Crippen LogP) is 2.56. The van der Waals surface area contributed by atoms with Gasteiger partial charge in [-0.3, -0.25) is 4.79 Å². The zero-order valence-electron chi connectivity index (χ0n) is 14.4. The predicted molar refractivity (Wildman–Crippen MR) is 94.1 cm³/mol. The van der Waals surface area contributed by atoms with E-state index in [1.807, 2.05) is 39.0 Å². The molecule has 3 heteroatoms. The summed E-state index contributed by atoms with van der Waals surface area (Å²) in [6.07, 6.45) is 0. The SMILES string of the molecule is Cc1ccc([C@H]([NH2+][C@H](C)C(=O)NC(C)C)c2ccccc2)cc1. The van der Waals surface area contributed by atoms with Gasteiger partial charge in [0.2, 0.25) is 0 Å². The first-order chi connectivity index (χ1) is 11.0. The van der Waals surface area contributed by atoms with Crippen molar-refractivity contribution < 1.29 is 10.1 Å². The van der Waals surface area contributed by atoms with Crippen LogP contribution in [0.2, 0.25) is 0 Å². The Morgan fingerprint density at radius 2 is 1.48 bits per heavy atom. The molecule has 0 fully saturated rings. The van der Waals surface area contributed by atoms with E-state index < -0.39 is 0 Å². The van der Waals surface area contributed by atoms with Crippen LogP contribution in [0.3, 0.4) is 0 Å². The maximum atomic E-state index is 12.3. The molecule has 0 heterocycles. The Kier molecular flexibility index (Phi) is 5.94. The van der Waals surface area contributed by atoms with Crippen LogP contribution in [0.1, 0.15) is 43.5 Å². The van der Waals surface area contributed by atoms with Gasteiger partial charge in [0.1, 0.15) is 6.04 Å². The molecule has 0 aliphatic rings. The second-order valence-electron chi connectivity index (χ2n) is 6.44. The van der Waals surface area contributed by atoms with Gasteiger partial charge < -0.3 is 10.6 Å². The van der Waals surface area contributed by atoms with Gasteiger partial charge in [-0.1, -0.05) is 60.2 Å². The first kappa shape index (κ1) is 17.2. The van der Waals surface area contributed by atoms with E-state index in [9.17, 15) is 4.79 Å². The third-order valence-electron chi connectivity index (χ3n) is 3.92. The monoisotopic (exact) mass is 311 g/mol. The molecular formula is C20H27N2O+. The van der Waals surface area contributed by atoms with Crippen molar-refractivity contribution in [1.82, 2.24) is 5.32 Å². The molecule has 0 radical (unpaired) electrons. The summed E-state index contributed by atoms with van der Waals surface area (Å²) in [5.74, 6) is 0.0769. The summed E-state index contributed by atoms with van der Waals surface area (Å²) in [6.45, 7) is 8.02. The molecule has 23 heavy (non-hydrogen) atoms. The number of carbonyl (C=O) groups is 1. The molecule has 3 nitrogen and oxygen atoms in total. The number of aryl methyl sites for hydroxylation is 1. The molecule has 2 aromatic rings. The lowest BCUT2D eigenvalue weighted by molar-refractivity contribution is -0.704. The number of nitrogens with two attached hydrogens (primary N) is 1. The van der Waals surface area contributed by atoms with Crippen LogP contribution in [0, 0.1) is 6.92 Å². The van der Waals surface area contributed by atoms with Gasteiger partial charge in [0.05, 0.1) is 0 Å². The van der Waals surface area contributed by atoms with E-state index in [1.54, 1.807) is 0 Å². The summed E-state index contributed by atoms with van der Waals surface area (Å²) in [4.78, 5) is 12.3. The van der Waals surface area contributed by atoms with Crippen molar-refractivity contribution in [3.05, 3.63) is 71.3 Å². The average Bonchev–Trinajstić information content (AvgIpc) is 2.53. The number of amides is 1. The molecule has 2 atom stereocenters. The van der Waals surface area contributed by atoms with Crippen LogP contribution in [-0.2, 0) is 4.79 Å². The first-order valence-corrected chi connectivity index (χ1v) is 8.24. The maximum absolute atomic E-state index is 12.3. The third kappa shape index (κ3) is 4.93. The van der Waals surface area contributed by atoms with Crippen LogP contribution in [0.25, 0.3) is 0 Å². The molecule has 0 aliphatic heterocycles. The zero-order valence-corrected chi connectivity index (χ0v) is 14.4. The van der Waals surface area contributed by atoms with Crippen molar-refractivity contribution in [2.24, 2.45) is 0 Å². The van der Waals surface area contributed by atoms with Gasteiger partial charge in [-0.25, -0.2) is 0 Å². The highest BCUT2D eigenvalue weighted by atomic mass is 16.2. The molecule has 0 spiro atoms. The van der Waals surface area contributed by atoms with Crippen LogP contribution < -0.4 is 10.6 Å². The topological polar surface area (TPSA) is 45.7 Å².